The minimum Gasteiger partial charge on any atom is -0.310 e. The van der Waals surface area contributed by atoms with E-state index in [-0.39, 0.29) is 0 Å². The molecular weight excluding hydrogens is 573 g/mol. The Kier molecular flexibility index (Phi) is 6.43. The molecule has 220 valence electrons. The molecule has 3 heterocycles. The summed E-state index contributed by atoms with van der Waals surface area (Å²) in [7, 11) is 0. The van der Waals surface area contributed by atoms with E-state index in [2.05, 4.69) is 130 Å². The van der Waals surface area contributed by atoms with Crippen LogP contribution in [0.25, 0.3) is 66.9 Å². The summed E-state index contributed by atoms with van der Waals surface area (Å²) < 4.78 is 0. The molecule has 0 bridgehead atoms. The van der Waals surface area contributed by atoms with E-state index < -0.39 is 0 Å². The largest absolute Gasteiger partial charge is 0.310 e. The number of benzene rings is 5. The van der Waals surface area contributed by atoms with E-state index in [1.165, 1.54) is 38.6 Å². The first-order valence-electron chi connectivity index (χ1n) is 15.8. The van der Waals surface area contributed by atoms with E-state index in [1.54, 1.807) is 12.4 Å². The molecule has 0 fully saturated rings. The van der Waals surface area contributed by atoms with Crippen molar-refractivity contribution in [3.05, 3.63) is 170 Å². The maximum atomic E-state index is 5.03. The van der Waals surface area contributed by atoms with Crippen molar-refractivity contribution < 1.29 is 0 Å². The average molecular weight is 601 g/mol. The predicted octanol–water partition coefficient (Wildman–Crippen LogP) is 11.1. The van der Waals surface area contributed by atoms with Crippen molar-refractivity contribution in [2.45, 2.75) is 0 Å². The third-order valence-electron chi connectivity index (χ3n) is 8.90. The highest BCUT2D eigenvalue weighted by molar-refractivity contribution is 6.18. The van der Waals surface area contributed by atoms with E-state index in [0.29, 0.717) is 0 Å². The Morgan fingerprint density at radius 2 is 0.936 bits per heavy atom. The fraction of sp³-hybridized carbons (Fsp3) is 0. The summed E-state index contributed by atoms with van der Waals surface area (Å²) in [5.74, 6) is 0. The van der Waals surface area contributed by atoms with Gasteiger partial charge in [0.15, 0.2) is 0 Å². The zero-order valence-corrected chi connectivity index (χ0v) is 25.5. The Labute approximate surface area is 273 Å². The minimum absolute atomic E-state index is 0.785. The minimum atomic E-state index is 0.785. The van der Waals surface area contributed by atoms with E-state index in [4.69, 9.17) is 4.98 Å². The van der Waals surface area contributed by atoms with Gasteiger partial charge in [-0.3, -0.25) is 9.97 Å². The number of hydrogen-bond donors (Lipinski definition) is 0. The number of para-hydroxylation sites is 1. The second-order valence-electron chi connectivity index (χ2n) is 11.7. The van der Waals surface area contributed by atoms with Gasteiger partial charge in [-0.05, 0) is 105 Å². The van der Waals surface area contributed by atoms with Crippen molar-refractivity contribution >= 4 is 27.8 Å². The number of nitrogens with zero attached hydrogens (tertiary/aromatic N) is 4. The molecule has 5 aromatic carbocycles. The summed E-state index contributed by atoms with van der Waals surface area (Å²) in [6, 6.07) is 55.3. The van der Waals surface area contributed by atoms with Gasteiger partial charge in [0, 0.05) is 23.8 Å². The van der Waals surface area contributed by atoms with Gasteiger partial charge >= 0.3 is 0 Å². The van der Waals surface area contributed by atoms with Gasteiger partial charge < -0.3 is 4.90 Å². The molecule has 1 aliphatic rings. The molecule has 0 atom stereocenters. The van der Waals surface area contributed by atoms with Gasteiger partial charge in [0.1, 0.15) is 0 Å². The molecule has 0 amide bonds. The van der Waals surface area contributed by atoms with Crippen LogP contribution < -0.4 is 4.90 Å². The number of hydrogen-bond acceptors (Lipinski definition) is 4. The lowest BCUT2D eigenvalue weighted by atomic mass is 9.94. The molecule has 0 radical (unpaired) electrons. The number of rotatable bonds is 6. The van der Waals surface area contributed by atoms with Gasteiger partial charge in [-0.1, -0.05) is 97.1 Å². The van der Waals surface area contributed by atoms with Gasteiger partial charge in [0.2, 0.25) is 0 Å². The second-order valence-corrected chi connectivity index (χ2v) is 11.7. The topological polar surface area (TPSA) is 41.9 Å². The molecule has 3 aromatic heterocycles. The van der Waals surface area contributed by atoms with Crippen LogP contribution in [0.4, 0.5) is 17.1 Å². The van der Waals surface area contributed by atoms with E-state index in [9.17, 15) is 0 Å². The van der Waals surface area contributed by atoms with Crippen LogP contribution in [0.15, 0.2) is 170 Å². The first kappa shape index (κ1) is 27.0. The van der Waals surface area contributed by atoms with Gasteiger partial charge in [-0.2, -0.15) is 0 Å². The van der Waals surface area contributed by atoms with Crippen molar-refractivity contribution in [2.75, 3.05) is 4.90 Å². The molecule has 0 saturated heterocycles. The van der Waals surface area contributed by atoms with Crippen LogP contribution in [0, 0.1) is 0 Å². The Morgan fingerprint density at radius 3 is 1.62 bits per heavy atom. The highest BCUT2D eigenvalue weighted by Gasteiger charge is 2.23. The number of anilines is 3. The van der Waals surface area contributed by atoms with E-state index in [1.807, 2.05) is 42.5 Å². The quantitative estimate of drug-likeness (QED) is 0.190. The Balaban J connectivity index is 1.23. The second kappa shape index (κ2) is 11.2. The molecule has 4 heteroatoms. The lowest BCUT2D eigenvalue weighted by Gasteiger charge is -2.27. The summed E-state index contributed by atoms with van der Waals surface area (Å²) in [6.45, 7) is 0. The molecule has 47 heavy (non-hydrogen) atoms. The molecule has 1 aliphatic carbocycles. The van der Waals surface area contributed by atoms with Crippen molar-refractivity contribution in [1.29, 1.82) is 0 Å². The highest BCUT2D eigenvalue weighted by atomic mass is 15.1. The summed E-state index contributed by atoms with van der Waals surface area (Å²) >= 11 is 0. The normalized spacial score (nSPS) is 11.4. The Bertz CT molecular complexity index is 2320. The monoisotopic (exact) mass is 600 g/mol. The molecule has 0 spiro atoms. The molecule has 4 nitrogen and oxygen atoms in total. The fourth-order valence-electron chi connectivity index (χ4n) is 6.83. The fourth-order valence-corrected chi connectivity index (χ4v) is 6.83. The zero-order valence-electron chi connectivity index (χ0n) is 25.5. The van der Waals surface area contributed by atoms with Crippen LogP contribution in [0.2, 0.25) is 0 Å². The Hall–Kier alpha value is -6.39. The van der Waals surface area contributed by atoms with Crippen molar-refractivity contribution in [2.24, 2.45) is 0 Å². The summed E-state index contributed by atoms with van der Waals surface area (Å²) in [6.07, 6.45) is 3.61. The summed E-state index contributed by atoms with van der Waals surface area (Å²) in [5, 5.41) is 2.59. The van der Waals surface area contributed by atoms with Crippen LogP contribution >= 0.6 is 0 Å². The highest BCUT2D eigenvalue weighted by Crippen LogP contribution is 2.49. The van der Waals surface area contributed by atoms with Crippen molar-refractivity contribution in [1.82, 2.24) is 15.0 Å². The molecule has 9 rings (SSSR count). The maximum Gasteiger partial charge on any atom is 0.0915 e. The van der Waals surface area contributed by atoms with Gasteiger partial charge in [-0.15, -0.1) is 0 Å². The third-order valence-corrected chi connectivity index (χ3v) is 8.90. The summed E-state index contributed by atoms with van der Waals surface area (Å²) in [4.78, 5) is 16.6. The van der Waals surface area contributed by atoms with Gasteiger partial charge in [0.05, 0.1) is 28.5 Å². The Morgan fingerprint density at radius 1 is 0.362 bits per heavy atom. The number of fused-ring (bicyclic) bond motifs is 3. The van der Waals surface area contributed by atoms with Crippen LogP contribution in [0.5, 0.6) is 0 Å². The first-order valence-corrected chi connectivity index (χ1v) is 15.8. The van der Waals surface area contributed by atoms with Crippen LogP contribution in [-0.4, -0.2) is 15.0 Å². The van der Waals surface area contributed by atoms with Crippen molar-refractivity contribution in [3.8, 4) is 56.2 Å². The van der Waals surface area contributed by atoms with Gasteiger partial charge in [-0.25, -0.2) is 4.98 Å². The van der Waals surface area contributed by atoms with Crippen LogP contribution in [-0.2, 0) is 0 Å². The SMILES string of the molecule is c1ccc(N(c2cccc(-c3ccc4c5c(cccc35)-c3ccccc3-4)c2)c2cc(-c3ccccn3)nc(-c3ccccn3)c2)cc1. The van der Waals surface area contributed by atoms with Crippen molar-refractivity contribution in [3.63, 3.8) is 0 Å². The molecule has 0 unspecified atom stereocenters. The third kappa shape index (κ3) is 4.66. The van der Waals surface area contributed by atoms with Gasteiger partial charge in [0.25, 0.3) is 0 Å². The summed E-state index contributed by atoms with van der Waals surface area (Å²) in [5.41, 5.74) is 13.8. The molecule has 8 aromatic rings. The van der Waals surface area contributed by atoms with E-state index >= 15 is 0 Å². The molecule has 0 saturated carbocycles. The number of pyridine rings is 3. The molecule has 0 aliphatic heterocycles. The predicted molar refractivity (Wildman–Crippen MR) is 193 cm³/mol. The smallest absolute Gasteiger partial charge is 0.0915 e. The first-order chi connectivity index (χ1) is 23.3. The standard InChI is InChI=1S/C43H28N4/c1-2-13-30(14-3-1)47(32-27-41(39-20-6-8-24-44-39)46-42(28-32)40-21-7-9-25-45-40)31-15-10-12-29(26-31)33-22-23-38-35-17-5-4-16-34(35)37-19-11-18-36(33)43(37)38/h1-28H. The van der Waals surface area contributed by atoms with Crippen LogP contribution in [0.1, 0.15) is 0 Å². The molecule has 0 N–H and O–H groups in total. The van der Waals surface area contributed by atoms with Crippen LogP contribution in [0.3, 0.4) is 0 Å². The lowest BCUT2D eigenvalue weighted by Crippen LogP contribution is -2.11. The number of aromatic nitrogens is 3. The lowest BCUT2D eigenvalue weighted by molar-refractivity contribution is 1.20. The maximum absolute atomic E-state index is 5.03. The van der Waals surface area contributed by atoms with E-state index in [0.717, 1.165) is 45.4 Å². The zero-order chi connectivity index (χ0) is 31.2. The molecular formula is C43H28N4. The average Bonchev–Trinajstić information content (AvgIpc) is 3.48.